The fourth-order valence-electron chi connectivity index (χ4n) is 1.90. The second-order valence-corrected chi connectivity index (χ2v) is 4.82. The summed E-state index contributed by atoms with van der Waals surface area (Å²) in [7, 11) is 0. The Morgan fingerprint density at radius 2 is 1.75 bits per heavy atom. The Morgan fingerprint density at radius 1 is 1.05 bits per heavy atom. The van der Waals surface area contributed by atoms with E-state index < -0.39 is 0 Å². The topological polar surface area (TPSA) is 21.3 Å². The average Bonchev–Trinajstić information content (AvgIpc) is 2.47. The largest absolute Gasteiger partial charge is 0.486 e. The van der Waals surface area contributed by atoms with E-state index in [9.17, 15) is 4.39 Å². The van der Waals surface area contributed by atoms with E-state index in [2.05, 4.69) is 24.4 Å². The summed E-state index contributed by atoms with van der Waals surface area (Å²) < 4.78 is 19.1. The molecule has 2 nitrogen and oxygen atoms in total. The van der Waals surface area contributed by atoms with Crippen molar-refractivity contribution in [3.63, 3.8) is 0 Å². The van der Waals surface area contributed by atoms with E-state index in [1.165, 1.54) is 11.6 Å². The van der Waals surface area contributed by atoms with Crippen LogP contribution in [-0.4, -0.2) is 6.54 Å². The third-order valence-corrected chi connectivity index (χ3v) is 3.08. The van der Waals surface area contributed by atoms with Gasteiger partial charge in [0.1, 0.15) is 6.61 Å². The highest BCUT2D eigenvalue weighted by molar-refractivity contribution is 5.30. The van der Waals surface area contributed by atoms with Gasteiger partial charge in [-0.25, -0.2) is 4.39 Å². The molecule has 0 fully saturated rings. The van der Waals surface area contributed by atoms with Crippen LogP contribution in [0.25, 0.3) is 0 Å². The van der Waals surface area contributed by atoms with E-state index in [-0.39, 0.29) is 5.82 Å². The number of hydrogen-bond acceptors (Lipinski definition) is 2. The normalized spacial score (nSPS) is 10.6. The fourth-order valence-corrected chi connectivity index (χ4v) is 1.90. The minimum Gasteiger partial charge on any atom is -0.486 e. The molecule has 0 aliphatic carbocycles. The molecule has 0 unspecified atom stereocenters. The van der Waals surface area contributed by atoms with Crippen molar-refractivity contribution >= 4 is 0 Å². The smallest absolute Gasteiger partial charge is 0.165 e. The van der Waals surface area contributed by atoms with Crippen LogP contribution in [0.1, 0.15) is 23.6 Å². The van der Waals surface area contributed by atoms with Crippen molar-refractivity contribution in [1.82, 2.24) is 5.32 Å². The lowest BCUT2D eigenvalue weighted by molar-refractivity contribution is 0.290. The Bertz CT molecular complexity index is 551. The van der Waals surface area contributed by atoms with Crippen LogP contribution in [0, 0.1) is 12.7 Å². The summed E-state index contributed by atoms with van der Waals surface area (Å²) in [5.41, 5.74) is 3.26. The van der Waals surface area contributed by atoms with Crippen LogP contribution in [0.5, 0.6) is 5.75 Å². The van der Waals surface area contributed by atoms with Gasteiger partial charge in [0.25, 0.3) is 0 Å². The monoisotopic (exact) mass is 273 g/mol. The van der Waals surface area contributed by atoms with Crippen molar-refractivity contribution < 1.29 is 9.13 Å². The zero-order chi connectivity index (χ0) is 14.4. The fraction of sp³-hybridized carbons (Fsp3) is 0.294. The van der Waals surface area contributed by atoms with Gasteiger partial charge in [-0.2, -0.15) is 0 Å². The Labute approximate surface area is 119 Å². The van der Waals surface area contributed by atoms with E-state index in [4.69, 9.17) is 4.74 Å². The molecule has 106 valence electrons. The Balaban J connectivity index is 1.95. The predicted molar refractivity (Wildman–Crippen MR) is 79.3 cm³/mol. The molecule has 2 rings (SSSR count). The minimum absolute atomic E-state index is 0.307. The van der Waals surface area contributed by atoms with Gasteiger partial charge in [-0.3, -0.25) is 0 Å². The lowest BCUT2D eigenvalue weighted by Gasteiger charge is -2.09. The maximum atomic E-state index is 13.5. The quantitative estimate of drug-likeness (QED) is 0.864. The average molecular weight is 273 g/mol. The maximum absolute atomic E-state index is 13.5. The first-order valence-corrected chi connectivity index (χ1v) is 6.86. The molecule has 0 atom stereocenters. The Morgan fingerprint density at radius 3 is 2.45 bits per heavy atom. The molecule has 0 aliphatic heterocycles. The molecule has 2 aromatic carbocycles. The molecule has 0 bridgehead atoms. The first kappa shape index (κ1) is 14.5. The number of ether oxygens (including phenoxy) is 1. The second-order valence-electron chi connectivity index (χ2n) is 4.82. The van der Waals surface area contributed by atoms with E-state index in [1.54, 1.807) is 12.1 Å². The van der Waals surface area contributed by atoms with Gasteiger partial charge >= 0.3 is 0 Å². The van der Waals surface area contributed by atoms with E-state index in [1.807, 2.05) is 19.1 Å². The van der Waals surface area contributed by atoms with Gasteiger partial charge in [-0.15, -0.1) is 0 Å². The molecule has 0 aromatic heterocycles. The van der Waals surface area contributed by atoms with Gasteiger partial charge in [-0.1, -0.05) is 37.3 Å². The highest BCUT2D eigenvalue weighted by atomic mass is 19.1. The third kappa shape index (κ3) is 4.07. The molecule has 0 radical (unpaired) electrons. The van der Waals surface area contributed by atoms with Crippen molar-refractivity contribution in [2.24, 2.45) is 0 Å². The van der Waals surface area contributed by atoms with Crippen LogP contribution in [0.4, 0.5) is 4.39 Å². The van der Waals surface area contributed by atoms with Gasteiger partial charge < -0.3 is 10.1 Å². The summed E-state index contributed by atoms with van der Waals surface area (Å²) in [6.07, 6.45) is 0. The van der Waals surface area contributed by atoms with Crippen molar-refractivity contribution in [1.29, 1.82) is 0 Å². The number of nitrogens with one attached hydrogen (secondary N) is 1. The summed E-state index contributed by atoms with van der Waals surface area (Å²) in [4.78, 5) is 0. The summed E-state index contributed by atoms with van der Waals surface area (Å²) >= 11 is 0. The number of hydrogen-bond donors (Lipinski definition) is 1. The summed E-state index contributed by atoms with van der Waals surface area (Å²) in [6, 6.07) is 13.0. The molecule has 0 saturated carbocycles. The van der Waals surface area contributed by atoms with Crippen LogP contribution < -0.4 is 10.1 Å². The van der Waals surface area contributed by atoms with Gasteiger partial charge in [-0.05, 0) is 42.3 Å². The third-order valence-electron chi connectivity index (χ3n) is 3.08. The second kappa shape index (κ2) is 7.06. The van der Waals surface area contributed by atoms with Crippen LogP contribution in [0.3, 0.4) is 0 Å². The molecule has 2 aromatic rings. The number of rotatable bonds is 6. The van der Waals surface area contributed by atoms with Gasteiger partial charge in [0.2, 0.25) is 0 Å². The highest BCUT2D eigenvalue weighted by Crippen LogP contribution is 2.19. The van der Waals surface area contributed by atoms with E-state index in [0.717, 1.165) is 24.2 Å². The van der Waals surface area contributed by atoms with E-state index >= 15 is 0 Å². The molecule has 0 heterocycles. The standard InChI is InChI=1S/C17H20FNO/c1-3-19-11-14-5-7-15(8-6-14)12-20-17-10-13(2)4-9-16(17)18/h4-10,19H,3,11-12H2,1-2H3. The number of aryl methyl sites for hydroxylation is 1. The minimum atomic E-state index is -0.320. The van der Waals surface area contributed by atoms with Gasteiger partial charge in [0, 0.05) is 6.54 Å². The SMILES string of the molecule is CCNCc1ccc(COc2cc(C)ccc2F)cc1. The summed E-state index contributed by atoms with van der Waals surface area (Å²) in [5, 5.41) is 3.27. The van der Waals surface area contributed by atoms with Gasteiger partial charge in [0.05, 0.1) is 0 Å². The predicted octanol–water partition coefficient (Wildman–Crippen LogP) is 3.82. The van der Waals surface area contributed by atoms with Crippen molar-refractivity contribution in [3.05, 3.63) is 65.0 Å². The first-order valence-electron chi connectivity index (χ1n) is 6.86. The summed E-state index contributed by atoms with van der Waals surface area (Å²) in [6.45, 7) is 6.20. The van der Waals surface area contributed by atoms with Gasteiger partial charge in [0.15, 0.2) is 11.6 Å². The molecular weight excluding hydrogens is 253 g/mol. The van der Waals surface area contributed by atoms with Crippen molar-refractivity contribution in [3.8, 4) is 5.75 Å². The zero-order valence-electron chi connectivity index (χ0n) is 11.9. The van der Waals surface area contributed by atoms with E-state index in [0.29, 0.717) is 12.4 Å². The lowest BCUT2D eigenvalue weighted by atomic mass is 10.1. The zero-order valence-corrected chi connectivity index (χ0v) is 11.9. The molecule has 3 heteroatoms. The molecule has 1 N–H and O–H groups in total. The van der Waals surface area contributed by atoms with Crippen LogP contribution >= 0.6 is 0 Å². The Hall–Kier alpha value is -1.87. The molecular formula is C17H20FNO. The van der Waals surface area contributed by atoms with Crippen LogP contribution in [0.2, 0.25) is 0 Å². The molecule has 0 saturated heterocycles. The van der Waals surface area contributed by atoms with Crippen LogP contribution in [-0.2, 0) is 13.2 Å². The maximum Gasteiger partial charge on any atom is 0.165 e. The highest BCUT2D eigenvalue weighted by Gasteiger charge is 2.03. The number of benzene rings is 2. The lowest BCUT2D eigenvalue weighted by Crippen LogP contribution is -2.11. The summed E-state index contributed by atoms with van der Waals surface area (Å²) in [5.74, 6) is -0.0129. The van der Waals surface area contributed by atoms with Crippen molar-refractivity contribution in [2.75, 3.05) is 6.54 Å². The molecule has 20 heavy (non-hydrogen) atoms. The Kier molecular flexibility index (Phi) is 5.13. The number of halogens is 1. The molecule has 0 aliphatic rings. The molecule has 0 amide bonds. The van der Waals surface area contributed by atoms with Crippen LogP contribution in [0.15, 0.2) is 42.5 Å². The molecule has 0 spiro atoms. The first-order chi connectivity index (χ1) is 9.69. The van der Waals surface area contributed by atoms with Crippen molar-refractivity contribution in [2.45, 2.75) is 27.0 Å².